The molecule has 0 saturated carbocycles. The maximum Gasteiger partial charge on any atom is 0.338 e. The molecule has 5 nitrogen and oxygen atoms in total. The van der Waals surface area contributed by atoms with Crippen LogP contribution < -0.4 is 0 Å². The molecule has 1 rings (SSSR count). The van der Waals surface area contributed by atoms with Gasteiger partial charge < -0.3 is 19.3 Å². The minimum atomic E-state index is -0.756. The number of methoxy groups -OCH3 is 2. The molecule has 1 heterocycles. The summed E-state index contributed by atoms with van der Waals surface area (Å²) in [6.45, 7) is 1.54. The van der Waals surface area contributed by atoms with E-state index in [0.29, 0.717) is 0 Å². The van der Waals surface area contributed by atoms with Crippen LogP contribution in [0.2, 0.25) is 0 Å². The number of aliphatic hydroxyl groups excluding tert-OH is 1. The Balaban J connectivity index is 2.75. The van der Waals surface area contributed by atoms with Gasteiger partial charge in [-0.1, -0.05) is 0 Å². The summed E-state index contributed by atoms with van der Waals surface area (Å²) in [6, 6.07) is 0. The number of rotatable bonds is 3. The summed E-state index contributed by atoms with van der Waals surface area (Å²) >= 11 is 0. The van der Waals surface area contributed by atoms with Crippen molar-refractivity contribution in [2.24, 2.45) is 0 Å². The summed E-state index contributed by atoms with van der Waals surface area (Å²) in [7, 11) is 2.86. The first-order valence-electron chi connectivity index (χ1n) is 4.06. The number of cyclic esters (lactones) is 1. The Morgan fingerprint density at radius 2 is 2.08 bits per heavy atom. The van der Waals surface area contributed by atoms with Crippen molar-refractivity contribution in [1.29, 1.82) is 0 Å². The third kappa shape index (κ3) is 1.82. The molecule has 5 heteroatoms. The van der Waals surface area contributed by atoms with Gasteiger partial charge in [-0.25, -0.2) is 4.79 Å². The average molecular weight is 190 g/mol. The molecular formula is C8H14O5. The van der Waals surface area contributed by atoms with E-state index < -0.39 is 30.4 Å². The van der Waals surface area contributed by atoms with Crippen molar-refractivity contribution in [2.75, 3.05) is 14.2 Å². The molecule has 0 spiro atoms. The van der Waals surface area contributed by atoms with Gasteiger partial charge in [-0.2, -0.15) is 0 Å². The molecular weight excluding hydrogens is 176 g/mol. The lowest BCUT2D eigenvalue weighted by molar-refractivity contribution is -0.151. The maximum atomic E-state index is 11.2. The molecule has 13 heavy (non-hydrogen) atoms. The molecule has 0 aromatic carbocycles. The molecule has 1 N–H and O–H groups in total. The molecule has 0 radical (unpaired) electrons. The number of esters is 1. The summed E-state index contributed by atoms with van der Waals surface area (Å²) in [5.41, 5.74) is 0. The van der Waals surface area contributed by atoms with Crippen molar-refractivity contribution < 1.29 is 24.1 Å². The van der Waals surface area contributed by atoms with Crippen LogP contribution in [0.15, 0.2) is 0 Å². The second kappa shape index (κ2) is 4.04. The molecule has 0 aliphatic carbocycles. The smallest absolute Gasteiger partial charge is 0.338 e. The maximum absolute atomic E-state index is 11.2. The predicted molar refractivity (Wildman–Crippen MR) is 43.2 cm³/mol. The van der Waals surface area contributed by atoms with E-state index in [1.807, 2.05) is 0 Å². The van der Waals surface area contributed by atoms with Crippen LogP contribution in [0.4, 0.5) is 0 Å². The van der Waals surface area contributed by atoms with Crippen LogP contribution in [-0.4, -0.2) is 49.7 Å². The number of ether oxygens (including phenoxy) is 3. The second-order valence-electron chi connectivity index (χ2n) is 3.00. The highest BCUT2D eigenvalue weighted by atomic mass is 16.6. The van der Waals surface area contributed by atoms with Gasteiger partial charge in [-0.15, -0.1) is 0 Å². The first kappa shape index (κ1) is 10.4. The van der Waals surface area contributed by atoms with E-state index >= 15 is 0 Å². The predicted octanol–water partition coefficient (Wildman–Crippen LogP) is -0.677. The Morgan fingerprint density at radius 3 is 2.46 bits per heavy atom. The lowest BCUT2D eigenvalue weighted by atomic mass is 10.1. The van der Waals surface area contributed by atoms with Gasteiger partial charge in [0.25, 0.3) is 0 Å². The Morgan fingerprint density at radius 1 is 1.46 bits per heavy atom. The van der Waals surface area contributed by atoms with Gasteiger partial charge in [0.15, 0.2) is 12.2 Å². The largest absolute Gasteiger partial charge is 0.455 e. The minimum Gasteiger partial charge on any atom is -0.455 e. The van der Waals surface area contributed by atoms with Crippen molar-refractivity contribution >= 4 is 5.97 Å². The highest BCUT2D eigenvalue weighted by molar-refractivity contribution is 5.78. The van der Waals surface area contributed by atoms with E-state index in [4.69, 9.17) is 14.2 Å². The topological polar surface area (TPSA) is 65.0 Å². The van der Waals surface area contributed by atoms with E-state index in [-0.39, 0.29) is 0 Å². The minimum absolute atomic E-state index is 0.486. The normalized spacial score (nSPS) is 36.0. The number of carbonyl (C=O) groups is 1. The Kier molecular flexibility index (Phi) is 3.24. The fourth-order valence-corrected chi connectivity index (χ4v) is 1.44. The van der Waals surface area contributed by atoms with Crippen LogP contribution in [-0.2, 0) is 19.0 Å². The Bertz CT molecular complexity index is 191. The van der Waals surface area contributed by atoms with Crippen LogP contribution in [0.1, 0.15) is 6.92 Å². The SMILES string of the molecule is CO[C@H]1[C@@H]([C@@H](C)O)OC(=O)[C@H]1OC. The monoisotopic (exact) mass is 190 g/mol. The number of hydrogen-bond acceptors (Lipinski definition) is 5. The van der Waals surface area contributed by atoms with Gasteiger partial charge in [-0.05, 0) is 6.92 Å². The molecule has 0 aromatic heterocycles. The third-order valence-corrected chi connectivity index (χ3v) is 2.11. The average Bonchev–Trinajstić information content (AvgIpc) is 2.41. The molecule has 1 aliphatic rings. The fraction of sp³-hybridized carbons (Fsp3) is 0.875. The van der Waals surface area contributed by atoms with Crippen molar-refractivity contribution in [3.05, 3.63) is 0 Å². The van der Waals surface area contributed by atoms with Gasteiger partial charge in [0.2, 0.25) is 0 Å². The first-order valence-corrected chi connectivity index (χ1v) is 4.06. The standard InChI is InChI=1S/C8H14O5/c1-4(9)5-6(11-2)7(12-3)8(10)13-5/h4-7,9H,1-3H3/t4-,5-,6+,7+/m1/s1. The zero-order valence-corrected chi connectivity index (χ0v) is 7.89. The molecule has 1 aliphatic heterocycles. The summed E-state index contributed by atoms with van der Waals surface area (Å²) < 4.78 is 14.8. The quantitative estimate of drug-likeness (QED) is 0.597. The van der Waals surface area contributed by atoms with Gasteiger partial charge in [-0.3, -0.25) is 0 Å². The molecule has 0 bridgehead atoms. The summed E-state index contributed by atoms with van der Waals surface area (Å²) in [6.07, 6.45) is -2.65. The van der Waals surface area contributed by atoms with Gasteiger partial charge in [0.05, 0.1) is 6.10 Å². The molecule has 0 unspecified atom stereocenters. The molecule has 4 atom stereocenters. The highest BCUT2D eigenvalue weighted by Gasteiger charge is 2.47. The number of hydrogen-bond donors (Lipinski definition) is 1. The zero-order chi connectivity index (χ0) is 10.0. The van der Waals surface area contributed by atoms with Crippen molar-refractivity contribution in [3.8, 4) is 0 Å². The van der Waals surface area contributed by atoms with Gasteiger partial charge >= 0.3 is 5.97 Å². The van der Waals surface area contributed by atoms with Crippen LogP contribution >= 0.6 is 0 Å². The van der Waals surface area contributed by atoms with Crippen molar-refractivity contribution in [2.45, 2.75) is 31.3 Å². The second-order valence-corrected chi connectivity index (χ2v) is 3.00. The molecule has 1 saturated heterocycles. The summed E-state index contributed by atoms with van der Waals surface area (Å²) in [5.74, 6) is -0.486. The Labute approximate surface area is 76.6 Å². The summed E-state index contributed by atoms with van der Waals surface area (Å²) in [5, 5.41) is 9.27. The first-order chi connectivity index (χ1) is 6.11. The van der Waals surface area contributed by atoms with E-state index in [0.717, 1.165) is 0 Å². The fourth-order valence-electron chi connectivity index (χ4n) is 1.44. The molecule has 0 amide bonds. The molecule has 1 fully saturated rings. The van der Waals surface area contributed by atoms with Crippen LogP contribution in [0, 0.1) is 0 Å². The Hall–Kier alpha value is -0.650. The summed E-state index contributed by atoms with van der Waals surface area (Å²) in [4.78, 5) is 11.2. The molecule has 76 valence electrons. The van der Waals surface area contributed by atoms with Gasteiger partial charge in [0.1, 0.15) is 6.10 Å². The van der Waals surface area contributed by atoms with E-state index in [2.05, 4.69) is 0 Å². The van der Waals surface area contributed by atoms with E-state index in [1.165, 1.54) is 14.2 Å². The third-order valence-electron chi connectivity index (χ3n) is 2.11. The van der Waals surface area contributed by atoms with Crippen molar-refractivity contribution in [3.63, 3.8) is 0 Å². The van der Waals surface area contributed by atoms with Crippen LogP contribution in [0.3, 0.4) is 0 Å². The molecule has 0 aromatic rings. The highest BCUT2D eigenvalue weighted by Crippen LogP contribution is 2.23. The van der Waals surface area contributed by atoms with Crippen LogP contribution in [0.5, 0.6) is 0 Å². The zero-order valence-electron chi connectivity index (χ0n) is 7.89. The van der Waals surface area contributed by atoms with Gasteiger partial charge in [0, 0.05) is 14.2 Å². The van der Waals surface area contributed by atoms with E-state index in [1.54, 1.807) is 6.92 Å². The number of carbonyl (C=O) groups excluding carboxylic acids is 1. The lowest BCUT2D eigenvalue weighted by Gasteiger charge is -2.20. The van der Waals surface area contributed by atoms with Crippen LogP contribution in [0.25, 0.3) is 0 Å². The lowest BCUT2D eigenvalue weighted by Crippen LogP contribution is -2.39. The number of aliphatic hydroxyl groups is 1. The van der Waals surface area contributed by atoms with E-state index in [9.17, 15) is 9.90 Å². The van der Waals surface area contributed by atoms with Crippen molar-refractivity contribution in [1.82, 2.24) is 0 Å².